The number of hydrogen-bond acceptors (Lipinski definition) is 3. The standard InChI is InChI=1S/C25H18F5NO3/c26-17-5-1-15(2-6-17)25(16-3-7-18(27)8-4-16)33-21-13-19(20(28)14-22(21)34-25)23(32)31-11-9-24(29,30)10-12-31/h1-8,13-14H,9-12H2. The fourth-order valence-corrected chi connectivity index (χ4v) is 4.14. The molecule has 0 bridgehead atoms. The van der Waals surface area contributed by atoms with Crippen molar-refractivity contribution in [3.05, 3.63) is 94.8 Å². The van der Waals surface area contributed by atoms with E-state index in [1.54, 1.807) is 0 Å². The van der Waals surface area contributed by atoms with Gasteiger partial charge in [0.2, 0.25) is 0 Å². The first-order chi connectivity index (χ1) is 16.2. The number of hydrogen-bond donors (Lipinski definition) is 0. The minimum absolute atomic E-state index is 0.0205. The Hall–Kier alpha value is -3.62. The molecule has 0 N–H and O–H groups in total. The molecule has 0 spiro atoms. The third kappa shape index (κ3) is 3.85. The average Bonchev–Trinajstić information content (AvgIpc) is 3.18. The highest BCUT2D eigenvalue weighted by atomic mass is 19.3. The van der Waals surface area contributed by atoms with E-state index >= 15 is 0 Å². The number of piperidine rings is 1. The smallest absolute Gasteiger partial charge is 0.305 e. The summed E-state index contributed by atoms with van der Waals surface area (Å²) in [5.74, 6) is -7.18. The molecule has 2 aliphatic heterocycles. The fraction of sp³-hybridized carbons (Fsp3) is 0.240. The van der Waals surface area contributed by atoms with Gasteiger partial charge in [-0.1, -0.05) is 0 Å². The number of halogens is 5. The van der Waals surface area contributed by atoms with Crippen LogP contribution < -0.4 is 9.47 Å². The Kier molecular flexibility index (Phi) is 5.22. The van der Waals surface area contributed by atoms with Gasteiger partial charge in [0, 0.05) is 43.1 Å². The van der Waals surface area contributed by atoms with Gasteiger partial charge in [-0.05, 0) is 54.6 Å². The number of ether oxygens (including phenoxy) is 2. The quantitative estimate of drug-likeness (QED) is 0.460. The Balaban J connectivity index is 1.52. The topological polar surface area (TPSA) is 38.8 Å². The van der Waals surface area contributed by atoms with Crippen molar-refractivity contribution in [3.63, 3.8) is 0 Å². The third-order valence-electron chi connectivity index (χ3n) is 6.00. The van der Waals surface area contributed by atoms with E-state index in [9.17, 15) is 26.7 Å². The van der Waals surface area contributed by atoms with E-state index in [0.717, 1.165) is 12.1 Å². The van der Waals surface area contributed by atoms with Gasteiger partial charge in [0.1, 0.15) is 17.5 Å². The molecule has 2 heterocycles. The van der Waals surface area contributed by atoms with E-state index in [0.29, 0.717) is 11.1 Å². The summed E-state index contributed by atoms with van der Waals surface area (Å²) in [7, 11) is 0. The number of fused-ring (bicyclic) bond motifs is 1. The van der Waals surface area contributed by atoms with Crippen LogP contribution in [0.4, 0.5) is 22.0 Å². The van der Waals surface area contributed by atoms with Crippen molar-refractivity contribution in [2.75, 3.05) is 13.1 Å². The molecule has 9 heteroatoms. The summed E-state index contributed by atoms with van der Waals surface area (Å²) >= 11 is 0. The first-order valence-corrected chi connectivity index (χ1v) is 10.6. The first-order valence-electron chi connectivity index (χ1n) is 10.6. The number of alkyl halides is 2. The van der Waals surface area contributed by atoms with E-state index in [2.05, 4.69) is 0 Å². The predicted octanol–water partition coefficient (Wildman–Crippen LogP) is 5.65. The van der Waals surface area contributed by atoms with Gasteiger partial charge >= 0.3 is 5.79 Å². The van der Waals surface area contributed by atoms with Crippen molar-refractivity contribution < 1.29 is 36.2 Å². The third-order valence-corrected chi connectivity index (χ3v) is 6.00. The first kappa shape index (κ1) is 22.2. The fourth-order valence-electron chi connectivity index (χ4n) is 4.14. The number of amides is 1. The number of carbonyl (C=O) groups is 1. The van der Waals surface area contributed by atoms with E-state index < -0.39 is 47.9 Å². The van der Waals surface area contributed by atoms with Crippen LogP contribution >= 0.6 is 0 Å². The number of benzene rings is 3. The Labute approximate surface area is 191 Å². The second-order valence-corrected chi connectivity index (χ2v) is 8.26. The summed E-state index contributed by atoms with van der Waals surface area (Å²) in [5.41, 5.74) is 0.355. The molecule has 4 nitrogen and oxygen atoms in total. The van der Waals surface area contributed by atoms with Gasteiger partial charge in [-0.3, -0.25) is 4.79 Å². The van der Waals surface area contributed by atoms with Gasteiger partial charge in [0.25, 0.3) is 11.8 Å². The second kappa shape index (κ2) is 8.00. The van der Waals surface area contributed by atoms with Crippen LogP contribution in [0.3, 0.4) is 0 Å². The van der Waals surface area contributed by atoms with Crippen LogP contribution in [0, 0.1) is 17.5 Å². The molecule has 0 radical (unpaired) electrons. The Bertz CT molecular complexity index is 1190. The van der Waals surface area contributed by atoms with E-state index in [1.807, 2.05) is 0 Å². The molecule has 3 aromatic carbocycles. The predicted molar refractivity (Wildman–Crippen MR) is 111 cm³/mol. The van der Waals surface area contributed by atoms with Gasteiger partial charge in [-0.25, -0.2) is 22.0 Å². The molecule has 0 saturated carbocycles. The highest BCUT2D eigenvalue weighted by Crippen LogP contribution is 2.48. The summed E-state index contributed by atoms with van der Waals surface area (Å²) in [4.78, 5) is 14.0. The van der Waals surface area contributed by atoms with Crippen LogP contribution in [0.25, 0.3) is 0 Å². The Morgan fingerprint density at radius 2 is 1.24 bits per heavy atom. The van der Waals surface area contributed by atoms with E-state index in [4.69, 9.17) is 9.47 Å². The molecule has 34 heavy (non-hydrogen) atoms. The summed E-state index contributed by atoms with van der Waals surface area (Å²) < 4.78 is 81.1. The number of rotatable bonds is 3. The molecule has 0 aromatic heterocycles. The monoisotopic (exact) mass is 475 g/mol. The van der Waals surface area contributed by atoms with Crippen LogP contribution in [0.15, 0.2) is 60.7 Å². The summed E-state index contributed by atoms with van der Waals surface area (Å²) in [6.07, 6.45) is -0.994. The van der Waals surface area contributed by atoms with Gasteiger partial charge in [0.15, 0.2) is 11.5 Å². The molecule has 5 rings (SSSR count). The highest BCUT2D eigenvalue weighted by molar-refractivity contribution is 5.95. The Morgan fingerprint density at radius 1 is 0.765 bits per heavy atom. The SMILES string of the molecule is O=C(c1cc2c(cc1F)OC(c1ccc(F)cc1)(c1ccc(F)cc1)O2)N1CCC(F)(F)CC1. The molecule has 0 aliphatic carbocycles. The lowest BCUT2D eigenvalue weighted by Gasteiger charge is -2.31. The van der Waals surface area contributed by atoms with Crippen LogP contribution in [0.5, 0.6) is 11.5 Å². The van der Waals surface area contributed by atoms with Crippen LogP contribution in [0.1, 0.15) is 34.3 Å². The van der Waals surface area contributed by atoms with Crippen molar-refractivity contribution in [2.24, 2.45) is 0 Å². The van der Waals surface area contributed by atoms with E-state index in [1.165, 1.54) is 53.4 Å². The number of carbonyl (C=O) groups excluding carboxylic acids is 1. The number of likely N-dealkylation sites (tertiary alicyclic amines) is 1. The number of nitrogens with zero attached hydrogens (tertiary/aromatic N) is 1. The maximum Gasteiger partial charge on any atom is 0.305 e. The zero-order chi connectivity index (χ0) is 24.1. The zero-order valence-electron chi connectivity index (χ0n) is 17.7. The van der Waals surface area contributed by atoms with Gasteiger partial charge in [0.05, 0.1) is 5.56 Å². The van der Waals surface area contributed by atoms with Gasteiger partial charge < -0.3 is 14.4 Å². The minimum atomic E-state index is -2.85. The lowest BCUT2D eigenvalue weighted by molar-refractivity contribution is -0.0497. The molecule has 0 unspecified atom stereocenters. The van der Waals surface area contributed by atoms with Crippen molar-refractivity contribution in [3.8, 4) is 11.5 Å². The van der Waals surface area contributed by atoms with Gasteiger partial charge in [-0.15, -0.1) is 0 Å². The molecule has 1 fully saturated rings. The largest absolute Gasteiger partial charge is 0.440 e. The lowest BCUT2D eigenvalue weighted by Crippen LogP contribution is -2.43. The van der Waals surface area contributed by atoms with Crippen molar-refractivity contribution in [1.29, 1.82) is 0 Å². The lowest BCUT2D eigenvalue weighted by atomic mass is 9.97. The van der Waals surface area contributed by atoms with E-state index in [-0.39, 0.29) is 30.2 Å². The van der Waals surface area contributed by atoms with Crippen molar-refractivity contribution >= 4 is 5.91 Å². The molecule has 0 atom stereocenters. The van der Waals surface area contributed by atoms with Gasteiger partial charge in [-0.2, -0.15) is 0 Å². The molecular weight excluding hydrogens is 457 g/mol. The summed E-state index contributed by atoms with van der Waals surface area (Å²) in [6, 6.07) is 12.6. The van der Waals surface area contributed by atoms with Crippen LogP contribution in [-0.2, 0) is 5.79 Å². The molecule has 176 valence electrons. The molecule has 1 saturated heterocycles. The molecule has 1 amide bonds. The molecule has 2 aliphatic rings. The maximum atomic E-state index is 14.9. The van der Waals surface area contributed by atoms with Crippen molar-refractivity contribution in [1.82, 2.24) is 4.90 Å². The maximum absolute atomic E-state index is 14.9. The zero-order valence-corrected chi connectivity index (χ0v) is 17.7. The second-order valence-electron chi connectivity index (χ2n) is 8.26. The Morgan fingerprint density at radius 3 is 1.74 bits per heavy atom. The molecular formula is C25H18F5NO3. The van der Waals surface area contributed by atoms with Crippen molar-refractivity contribution in [2.45, 2.75) is 24.6 Å². The van der Waals surface area contributed by atoms with Crippen LogP contribution in [0.2, 0.25) is 0 Å². The normalized spacial score (nSPS) is 18.1. The average molecular weight is 475 g/mol. The van der Waals surface area contributed by atoms with Crippen LogP contribution in [-0.4, -0.2) is 29.8 Å². The molecule has 3 aromatic rings. The highest BCUT2D eigenvalue weighted by Gasteiger charge is 2.46. The summed E-state index contributed by atoms with van der Waals surface area (Å²) in [6.45, 7) is -0.399. The minimum Gasteiger partial charge on any atom is -0.440 e. The summed E-state index contributed by atoms with van der Waals surface area (Å²) in [5, 5.41) is 0.